The fourth-order valence-electron chi connectivity index (χ4n) is 2.51. The third-order valence-corrected chi connectivity index (χ3v) is 5.73. The second-order valence-electron chi connectivity index (χ2n) is 5.26. The molecule has 0 radical (unpaired) electrons. The number of rotatable bonds is 5. The Bertz CT molecular complexity index is 674. The maximum Gasteiger partial charge on any atom is 0.335 e. The molecule has 1 aliphatic heterocycles. The van der Waals surface area contributed by atoms with Gasteiger partial charge in [0.15, 0.2) is 0 Å². The van der Waals surface area contributed by atoms with Gasteiger partial charge in [0.05, 0.1) is 23.0 Å². The minimum Gasteiger partial charge on any atom is -0.478 e. The van der Waals surface area contributed by atoms with Gasteiger partial charge in [0, 0.05) is 13.1 Å². The van der Waals surface area contributed by atoms with Gasteiger partial charge in [-0.3, -0.25) is 4.79 Å². The van der Waals surface area contributed by atoms with E-state index in [9.17, 15) is 18.0 Å². The average Bonchev–Trinajstić information content (AvgIpc) is 2.55. The summed E-state index contributed by atoms with van der Waals surface area (Å²) in [6, 6.07) is 5.10. The molecule has 1 heterocycles. The first-order valence-corrected chi connectivity index (χ1v) is 8.80. The van der Waals surface area contributed by atoms with Crippen molar-refractivity contribution in [2.45, 2.75) is 24.7 Å². The average molecular weight is 341 g/mol. The molecule has 1 N–H and O–H groups in total. The maximum atomic E-state index is 12.5. The zero-order valence-corrected chi connectivity index (χ0v) is 13.6. The standard InChI is InChI=1S/C15H19NO6S/c1-2-22-15(19)12-7-9-16(10-8-12)23(20,21)13-5-3-11(4-6-13)14(17)18/h3-6,12H,2,7-10H2,1H3,(H,17,18). The predicted octanol–water partition coefficient (Wildman–Crippen LogP) is 1.35. The molecule has 0 amide bonds. The van der Waals surface area contributed by atoms with Crippen molar-refractivity contribution in [3.05, 3.63) is 29.8 Å². The number of sulfonamides is 1. The van der Waals surface area contributed by atoms with E-state index < -0.39 is 16.0 Å². The number of carboxylic acid groups (broad SMARTS) is 1. The van der Waals surface area contributed by atoms with Crippen LogP contribution in [0, 0.1) is 5.92 Å². The van der Waals surface area contributed by atoms with Gasteiger partial charge in [0.25, 0.3) is 0 Å². The minimum atomic E-state index is -3.68. The van der Waals surface area contributed by atoms with Crippen molar-refractivity contribution in [3.8, 4) is 0 Å². The van der Waals surface area contributed by atoms with E-state index in [2.05, 4.69) is 0 Å². The summed E-state index contributed by atoms with van der Waals surface area (Å²) >= 11 is 0. The fraction of sp³-hybridized carbons (Fsp3) is 0.467. The van der Waals surface area contributed by atoms with E-state index in [1.54, 1.807) is 6.92 Å². The number of carbonyl (C=O) groups excluding carboxylic acids is 1. The van der Waals surface area contributed by atoms with Gasteiger partial charge >= 0.3 is 11.9 Å². The Balaban J connectivity index is 2.07. The molecule has 0 unspecified atom stereocenters. The molecule has 0 aliphatic carbocycles. The highest BCUT2D eigenvalue weighted by atomic mass is 32.2. The summed E-state index contributed by atoms with van der Waals surface area (Å²) < 4.78 is 31.3. The summed E-state index contributed by atoms with van der Waals surface area (Å²) in [5, 5.41) is 8.85. The van der Waals surface area contributed by atoms with Crippen molar-refractivity contribution < 1.29 is 27.9 Å². The van der Waals surface area contributed by atoms with Gasteiger partial charge < -0.3 is 9.84 Å². The number of hydrogen-bond acceptors (Lipinski definition) is 5. The van der Waals surface area contributed by atoms with Crippen molar-refractivity contribution in [2.24, 2.45) is 5.92 Å². The fourth-order valence-corrected chi connectivity index (χ4v) is 3.98. The first kappa shape index (κ1) is 17.4. The summed E-state index contributed by atoms with van der Waals surface area (Å²) in [5.74, 6) is -1.66. The molecular weight excluding hydrogens is 322 g/mol. The van der Waals surface area contributed by atoms with Crippen molar-refractivity contribution in [1.29, 1.82) is 0 Å². The molecular formula is C15H19NO6S. The number of hydrogen-bond donors (Lipinski definition) is 1. The van der Waals surface area contributed by atoms with Crippen molar-refractivity contribution in [1.82, 2.24) is 4.31 Å². The van der Waals surface area contributed by atoms with Gasteiger partial charge in [-0.1, -0.05) is 0 Å². The van der Waals surface area contributed by atoms with E-state index in [0.29, 0.717) is 19.4 Å². The van der Waals surface area contributed by atoms with Crippen molar-refractivity contribution in [3.63, 3.8) is 0 Å². The molecule has 0 aromatic heterocycles. The van der Waals surface area contributed by atoms with Crippen LogP contribution in [-0.4, -0.2) is 49.5 Å². The monoisotopic (exact) mass is 341 g/mol. The van der Waals surface area contributed by atoms with Crippen LogP contribution in [-0.2, 0) is 19.6 Å². The Morgan fingerprint density at radius 2 is 1.78 bits per heavy atom. The SMILES string of the molecule is CCOC(=O)C1CCN(S(=O)(=O)c2ccc(C(=O)O)cc2)CC1. The lowest BCUT2D eigenvalue weighted by Crippen LogP contribution is -2.40. The topological polar surface area (TPSA) is 101 Å². The molecule has 0 bridgehead atoms. The number of nitrogens with zero attached hydrogens (tertiary/aromatic N) is 1. The van der Waals surface area contributed by atoms with E-state index >= 15 is 0 Å². The normalized spacial score (nSPS) is 16.9. The first-order chi connectivity index (χ1) is 10.9. The Hall–Kier alpha value is -1.93. The number of ether oxygens (including phenoxy) is 1. The lowest BCUT2D eigenvalue weighted by atomic mass is 9.98. The third-order valence-electron chi connectivity index (χ3n) is 3.81. The number of carbonyl (C=O) groups is 2. The van der Waals surface area contributed by atoms with Crippen LogP contribution in [0.1, 0.15) is 30.1 Å². The van der Waals surface area contributed by atoms with Crippen LogP contribution in [0.4, 0.5) is 0 Å². The molecule has 2 rings (SSSR count). The minimum absolute atomic E-state index is 0.0324. The predicted molar refractivity (Wildman–Crippen MR) is 81.5 cm³/mol. The van der Waals surface area contributed by atoms with Crippen molar-refractivity contribution >= 4 is 22.0 Å². The van der Waals surface area contributed by atoms with E-state index in [1.165, 1.54) is 28.6 Å². The lowest BCUT2D eigenvalue weighted by Gasteiger charge is -2.30. The third kappa shape index (κ3) is 3.89. The number of carboxylic acids is 1. The highest BCUT2D eigenvalue weighted by Gasteiger charge is 2.32. The zero-order chi connectivity index (χ0) is 17.0. The number of esters is 1. The first-order valence-electron chi connectivity index (χ1n) is 7.36. The number of piperidine rings is 1. The van der Waals surface area contributed by atoms with Gasteiger partial charge in [0.1, 0.15) is 0 Å². The molecule has 1 aromatic carbocycles. The van der Waals surface area contributed by atoms with E-state index in [-0.39, 0.29) is 35.4 Å². The molecule has 1 fully saturated rings. The van der Waals surface area contributed by atoms with Crippen molar-refractivity contribution in [2.75, 3.05) is 19.7 Å². The molecule has 0 saturated carbocycles. The molecule has 1 aromatic rings. The Kier molecular flexibility index (Phi) is 5.38. The second kappa shape index (κ2) is 7.10. The van der Waals surface area contributed by atoms with Gasteiger partial charge in [-0.2, -0.15) is 4.31 Å². The molecule has 0 atom stereocenters. The number of aromatic carboxylic acids is 1. The van der Waals surface area contributed by atoms with Gasteiger partial charge in [-0.25, -0.2) is 13.2 Å². The quantitative estimate of drug-likeness (QED) is 0.811. The van der Waals surface area contributed by atoms with Gasteiger partial charge in [-0.15, -0.1) is 0 Å². The highest BCUT2D eigenvalue weighted by Crippen LogP contribution is 2.24. The lowest BCUT2D eigenvalue weighted by molar-refractivity contribution is -0.149. The van der Waals surface area contributed by atoms with Gasteiger partial charge in [0.2, 0.25) is 10.0 Å². The summed E-state index contributed by atoms with van der Waals surface area (Å²) in [5.41, 5.74) is 0.0324. The number of benzene rings is 1. The Morgan fingerprint density at radius 3 is 2.26 bits per heavy atom. The maximum absolute atomic E-state index is 12.5. The molecule has 0 spiro atoms. The molecule has 126 valence electrons. The summed E-state index contributed by atoms with van der Waals surface area (Å²) in [4.78, 5) is 22.5. The Labute approximate surface area is 134 Å². The van der Waals surface area contributed by atoms with Crippen LogP contribution in [0.15, 0.2) is 29.2 Å². The van der Waals surface area contributed by atoms with Crippen LogP contribution in [0.3, 0.4) is 0 Å². The molecule has 1 aliphatic rings. The van der Waals surface area contributed by atoms with Crippen LogP contribution in [0.25, 0.3) is 0 Å². The van der Waals surface area contributed by atoms with Crippen LogP contribution < -0.4 is 0 Å². The summed E-state index contributed by atoms with van der Waals surface area (Å²) in [6.45, 7) is 2.53. The molecule has 7 nitrogen and oxygen atoms in total. The molecule has 1 saturated heterocycles. The highest BCUT2D eigenvalue weighted by molar-refractivity contribution is 7.89. The van der Waals surface area contributed by atoms with E-state index in [0.717, 1.165) is 0 Å². The Morgan fingerprint density at radius 1 is 1.22 bits per heavy atom. The van der Waals surface area contributed by atoms with Crippen LogP contribution >= 0.6 is 0 Å². The largest absolute Gasteiger partial charge is 0.478 e. The van der Waals surface area contributed by atoms with E-state index in [4.69, 9.17) is 9.84 Å². The van der Waals surface area contributed by atoms with Crippen LogP contribution in [0.5, 0.6) is 0 Å². The molecule has 8 heteroatoms. The van der Waals surface area contributed by atoms with Crippen LogP contribution in [0.2, 0.25) is 0 Å². The van der Waals surface area contributed by atoms with Gasteiger partial charge in [-0.05, 0) is 44.0 Å². The summed E-state index contributed by atoms with van der Waals surface area (Å²) in [7, 11) is -3.68. The molecule has 23 heavy (non-hydrogen) atoms. The van der Waals surface area contributed by atoms with E-state index in [1.807, 2.05) is 0 Å². The second-order valence-corrected chi connectivity index (χ2v) is 7.20. The zero-order valence-electron chi connectivity index (χ0n) is 12.8. The smallest absolute Gasteiger partial charge is 0.335 e. The summed E-state index contributed by atoms with van der Waals surface area (Å²) in [6.07, 6.45) is 0.844.